The van der Waals surface area contributed by atoms with Crippen LogP contribution in [-0.4, -0.2) is 27.0 Å². The summed E-state index contributed by atoms with van der Waals surface area (Å²) in [5.74, 6) is -1.61. The molecule has 0 aliphatic carbocycles. The van der Waals surface area contributed by atoms with Crippen molar-refractivity contribution in [3.8, 4) is 0 Å². The molecular formula is C15H20N2O4S. The number of carbonyl (C=O) groups is 2. The van der Waals surface area contributed by atoms with Crippen LogP contribution in [0.15, 0.2) is 29.4 Å². The zero-order valence-electron chi connectivity index (χ0n) is 12.7. The van der Waals surface area contributed by atoms with E-state index in [-0.39, 0.29) is 12.8 Å². The van der Waals surface area contributed by atoms with Crippen LogP contribution in [-0.2, 0) is 13.8 Å². The van der Waals surface area contributed by atoms with E-state index in [1.165, 1.54) is 12.8 Å². The largest absolute Gasteiger partial charge is 0.481 e. The minimum absolute atomic E-state index is 0.150. The number of nitrogens with one attached hydrogen (secondary N) is 1. The number of aromatic amines is 1. The van der Waals surface area contributed by atoms with Gasteiger partial charge in [-0.25, -0.2) is 4.98 Å². The average molecular weight is 324 g/mol. The fourth-order valence-corrected chi connectivity index (χ4v) is 1.85. The molecule has 0 aliphatic heterocycles. The number of aromatic nitrogens is 2. The van der Waals surface area contributed by atoms with E-state index in [2.05, 4.69) is 23.8 Å². The molecule has 0 amide bonds. The molecule has 0 aliphatic rings. The fraction of sp³-hybridized carbons (Fsp3) is 0.400. The highest BCUT2D eigenvalue weighted by atomic mass is 32.2. The third-order valence-electron chi connectivity index (χ3n) is 2.62. The molecule has 0 fully saturated rings. The number of para-hydroxylation sites is 2. The lowest BCUT2D eigenvalue weighted by atomic mass is 10.3. The van der Waals surface area contributed by atoms with E-state index in [0.29, 0.717) is 5.16 Å². The predicted molar refractivity (Wildman–Crippen MR) is 85.5 cm³/mol. The lowest BCUT2D eigenvalue weighted by molar-refractivity contribution is -0.141. The number of carboxylic acid groups (broad SMARTS) is 1. The molecule has 0 unspecified atom stereocenters. The lowest BCUT2D eigenvalue weighted by Crippen LogP contribution is -2.03. The molecule has 2 rings (SSSR count). The van der Waals surface area contributed by atoms with Gasteiger partial charge in [0.1, 0.15) is 12.0 Å². The standard InChI is InChI=1S/C11H10N2O4S.C4H10/c14-9(15)5-6-10(16)17-18-11-12-7-3-1-2-4-8(7)13-11;1-3-4-2/h1-4H,5-6H2,(H,12,13)(H,14,15);3-4H2,1-2H3. The van der Waals surface area contributed by atoms with Crippen molar-refractivity contribution in [2.45, 2.75) is 44.7 Å². The number of H-pyrrole nitrogens is 1. The molecule has 0 bridgehead atoms. The third kappa shape index (κ3) is 6.62. The number of hydrogen-bond acceptors (Lipinski definition) is 5. The Kier molecular flexibility index (Phi) is 8.06. The number of fused-ring (bicyclic) bond motifs is 1. The summed E-state index contributed by atoms with van der Waals surface area (Å²) in [5.41, 5.74) is 1.63. The molecule has 0 spiro atoms. The minimum Gasteiger partial charge on any atom is -0.481 e. The first-order valence-electron chi connectivity index (χ1n) is 7.10. The van der Waals surface area contributed by atoms with Crippen LogP contribution in [0.2, 0.25) is 0 Å². The van der Waals surface area contributed by atoms with E-state index in [4.69, 9.17) is 9.29 Å². The summed E-state index contributed by atoms with van der Waals surface area (Å²) >= 11 is 0.797. The second-order valence-electron chi connectivity index (χ2n) is 4.49. The highest BCUT2D eigenvalue weighted by molar-refractivity contribution is 7.94. The van der Waals surface area contributed by atoms with Crippen LogP contribution in [0, 0.1) is 0 Å². The van der Waals surface area contributed by atoms with Crippen molar-refractivity contribution in [3.05, 3.63) is 24.3 Å². The molecule has 1 aromatic heterocycles. The molecule has 120 valence electrons. The van der Waals surface area contributed by atoms with Gasteiger partial charge in [0.2, 0.25) is 5.16 Å². The molecule has 1 heterocycles. The number of unbranched alkanes of at least 4 members (excludes halogenated alkanes) is 1. The second kappa shape index (κ2) is 9.83. The van der Waals surface area contributed by atoms with Gasteiger partial charge in [0.15, 0.2) is 0 Å². The Labute approximate surface area is 133 Å². The monoisotopic (exact) mass is 324 g/mol. The Balaban J connectivity index is 0.000000541. The van der Waals surface area contributed by atoms with Crippen LogP contribution in [0.3, 0.4) is 0 Å². The molecule has 2 aromatic rings. The first kappa shape index (κ1) is 18.0. The van der Waals surface area contributed by atoms with Crippen LogP contribution in [0.5, 0.6) is 0 Å². The Morgan fingerprint density at radius 3 is 2.50 bits per heavy atom. The Hall–Kier alpha value is -2.02. The number of rotatable bonds is 6. The summed E-state index contributed by atoms with van der Waals surface area (Å²) in [6, 6.07) is 7.42. The van der Waals surface area contributed by atoms with Gasteiger partial charge in [-0.3, -0.25) is 9.59 Å². The van der Waals surface area contributed by atoms with Gasteiger partial charge in [-0.1, -0.05) is 38.8 Å². The molecule has 0 saturated heterocycles. The molecule has 0 saturated carbocycles. The fourth-order valence-electron chi connectivity index (χ4n) is 1.31. The summed E-state index contributed by atoms with van der Waals surface area (Å²) in [5, 5.41) is 8.87. The Bertz CT molecular complexity index is 577. The smallest absolute Gasteiger partial charge is 0.318 e. The molecule has 7 heteroatoms. The average Bonchev–Trinajstić information content (AvgIpc) is 2.94. The highest BCUT2D eigenvalue weighted by Gasteiger charge is 2.10. The number of benzene rings is 1. The van der Waals surface area contributed by atoms with E-state index in [1.54, 1.807) is 0 Å². The van der Waals surface area contributed by atoms with Crippen molar-refractivity contribution < 1.29 is 18.9 Å². The van der Waals surface area contributed by atoms with Crippen molar-refractivity contribution in [1.29, 1.82) is 0 Å². The van der Waals surface area contributed by atoms with E-state index < -0.39 is 11.9 Å². The van der Waals surface area contributed by atoms with E-state index in [1.807, 2.05) is 24.3 Å². The lowest BCUT2D eigenvalue weighted by Gasteiger charge is -1.98. The number of hydrogen-bond donors (Lipinski definition) is 2. The second-order valence-corrected chi connectivity index (χ2v) is 5.21. The summed E-state index contributed by atoms with van der Waals surface area (Å²) in [6.45, 7) is 4.36. The molecule has 22 heavy (non-hydrogen) atoms. The summed E-state index contributed by atoms with van der Waals surface area (Å²) in [6.07, 6.45) is 2.25. The molecule has 2 N–H and O–H groups in total. The van der Waals surface area contributed by atoms with Crippen molar-refractivity contribution in [2.24, 2.45) is 0 Å². The first-order chi connectivity index (χ1) is 10.6. The van der Waals surface area contributed by atoms with Gasteiger partial charge in [0.05, 0.1) is 23.9 Å². The SMILES string of the molecule is CCCC.O=C(O)CCC(=O)OSc1nc2ccccc2[nH]1. The molecular weight excluding hydrogens is 304 g/mol. The van der Waals surface area contributed by atoms with Crippen LogP contribution in [0.1, 0.15) is 39.5 Å². The number of aliphatic carboxylic acids is 1. The number of carbonyl (C=O) groups excluding carboxylic acids is 1. The zero-order valence-corrected chi connectivity index (χ0v) is 13.5. The maximum atomic E-state index is 11.2. The zero-order chi connectivity index (χ0) is 16.4. The normalized spacial score (nSPS) is 9.91. The summed E-state index contributed by atoms with van der Waals surface area (Å²) < 4.78 is 4.83. The third-order valence-corrected chi connectivity index (χ3v) is 3.24. The van der Waals surface area contributed by atoms with Gasteiger partial charge in [-0.2, -0.15) is 0 Å². The van der Waals surface area contributed by atoms with E-state index in [0.717, 1.165) is 23.1 Å². The van der Waals surface area contributed by atoms with Gasteiger partial charge in [-0.15, -0.1) is 0 Å². The van der Waals surface area contributed by atoms with Gasteiger partial charge in [0.25, 0.3) is 0 Å². The van der Waals surface area contributed by atoms with E-state index in [9.17, 15) is 9.59 Å². The topological polar surface area (TPSA) is 92.3 Å². The number of imidazole rings is 1. The van der Waals surface area contributed by atoms with Crippen LogP contribution in [0.4, 0.5) is 0 Å². The minimum atomic E-state index is -1.03. The Morgan fingerprint density at radius 2 is 1.91 bits per heavy atom. The maximum Gasteiger partial charge on any atom is 0.318 e. The molecule has 0 atom stereocenters. The summed E-state index contributed by atoms with van der Waals surface area (Å²) in [7, 11) is 0. The molecule has 1 aromatic carbocycles. The van der Waals surface area contributed by atoms with Gasteiger partial charge < -0.3 is 14.3 Å². The van der Waals surface area contributed by atoms with Gasteiger partial charge in [-0.05, 0) is 12.1 Å². The van der Waals surface area contributed by atoms with Crippen LogP contribution in [0.25, 0.3) is 11.0 Å². The number of nitrogens with zero attached hydrogens (tertiary/aromatic N) is 1. The van der Waals surface area contributed by atoms with E-state index >= 15 is 0 Å². The Morgan fingerprint density at radius 1 is 1.23 bits per heavy atom. The first-order valence-corrected chi connectivity index (χ1v) is 7.84. The predicted octanol–water partition coefficient (Wildman–Crippen LogP) is 3.78. The van der Waals surface area contributed by atoms with Crippen molar-refractivity contribution in [2.75, 3.05) is 0 Å². The van der Waals surface area contributed by atoms with Crippen molar-refractivity contribution >= 4 is 35.0 Å². The van der Waals surface area contributed by atoms with Crippen LogP contribution < -0.4 is 0 Å². The molecule has 6 nitrogen and oxygen atoms in total. The van der Waals surface area contributed by atoms with Crippen molar-refractivity contribution in [3.63, 3.8) is 0 Å². The highest BCUT2D eigenvalue weighted by Crippen LogP contribution is 2.20. The van der Waals surface area contributed by atoms with Gasteiger partial charge in [0, 0.05) is 0 Å². The quantitative estimate of drug-likeness (QED) is 0.785. The number of carboxylic acids is 1. The van der Waals surface area contributed by atoms with Gasteiger partial charge >= 0.3 is 11.9 Å². The maximum absolute atomic E-state index is 11.2. The summed E-state index contributed by atoms with van der Waals surface area (Å²) in [4.78, 5) is 28.6. The van der Waals surface area contributed by atoms with Crippen LogP contribution >= 0.6 is 12.0 Å². The molecule has 0 radical (unpaired) electrons. The van der Waals surface area contributed by atoms with Crippen molar-refractivity contribution in [1.82, 2.24) is 9.97 Å².